The molecule has 1 aliphatic rings. The first-order valence-corrected chi connectivity index (χ1v) is 9.44. The van der Waals surface area contributed by atoms with Gasteiger partial charge in [-0.15, -0.1) is 11.8 Å². The van der Waals surface area contributed by atoms with Crippen molar-refractivity contribution < 1.29 is 9.53 Å². The lowest BCUT2D eigenvalue weighted by Crippen LogP contribution is -2.37. The summed E-state index contributed by atoms with van der Waals surface area (Å²) < 4.78 is 5.37. The zero-order chi connectivity index (χ0) is 17.8. The van der Waals surface area contributed by atoms with E-state index in [0.717, 1.165) is 29.4 Å². The number of carbonyl (C=O) groups is 1. The first kappa shape index (κ1) is 17.7. The van der Waals surface area contributed by atoms with Crippen molar-refractivity contribution in [3.63, 3.8) is 0 Å². The summed E-state index contributed by atoms with van der Waals surface area (Å²) in [6, 6.07) is 7.54. The molecule has 0 radical (unpaired) electrons. The van der Waals surface area contributed by atoms with Crippen LogP contribution in [0.5, 0.6) is 0 Å². The van der Waals surface area contributed by atoms with Gasteiger partial charge in [0.25, 0.3) is 5.91 Å². The van der Waals surface area contributed by atoms with E-state index in [9.17, 15) is 4.79 Å². The van der Waals surface area contributed by atoms with E-state index in [1.54, 1.807) is 11.8 Å². The van der Waals surface area contributed by atoms with Crippen LogP contribution in [0, 0.1) is 13.8 Å². The molecular weight excluding hydrogens is 336 g/mol. The summed E-state index contributed by atoms with van der Waals surface area (Å²) >= 11 is 1.65. The molecule has 2 heterocycles. The second kappa shape index (κ2) is 7.84. The normalized spacial score (nSPS) is 14.4. The van der Waals surface area contributed by atoms with Gasteiger partial charge < -0.3 is 15.0 Å². The number of aromatic nitrogens is 2. The number of anilines is 2. The van der Waals surface area contributed by atoms with Gasteiger partial charge in [0.05, 0.1) is 30.3 Å². The number of nitrogens with zero attached hydrogens (tertiary/aromatic N) is 3. The van der Waals surface area contributed by atoms with Gasteiger partial charge in [-0.05, 0) is 44.4 Å². The lowest BCUT2D eigenvalue weighted by molar-refractivity contribution is 0.102. The van der Waals surface area contributed by atoms with Crippen molar-refractivity contribution in [3.8, 4) is 0 Å². The van der Waals surface area contributed by atoms with Gasteiger partial charge in [0, 0.05) is 23.5 Å². The van der Waals surface area contributed by atoms with Crippen LogP contribution in [0.4, 0.5) is 11.6 Å². The zero-order valence-corrected chi connectivity index (χ0v) is 15.5. The summed E-state index contributed by atoms with van der Waals surface area (Å²) in [7, 11) is 0. The monoisotopic (exact) mass is 358 g/mol. The van der Waals surface area contributed by atoms with E-state index in [-0.39, 0.29) is 5.91 Å². The molecule has 1 fully saturated rings. The Morgan fingerprint density at radius 1 is 1.12 bits per heavy atom. The number of nitrogens with one attached hydrogen (secondary N) is 1. The van der Waals surface area contributed by atoms with E-state index >= 15 is 0 Å². The number of hydrogen-bond donors (Lipinski definition) is 1. The van der Waals surface area contributed by atoms with E-state index in [0.29, 0.717) is 30.4 Å². The topological polar surface area (TPSA) is 67.4 Å². The number of carbonyl (C=O) groups excluding carboxylic acids is 1. The lowest BCUT2D eigenvalue weighted by atomic mass is 10.2. The highest BCUT2D eigenvalue weighted by Crippen LogP contribution is 2.22. The number of benzene rings is 1. The average Bonchev–Trinajstić information content (AvgIpc) is 2.65. The fraction of sp³-hybridized carbons (Fsp3) is 0.389. The highest BCUT2D eigenvalue weighted by molar-refractivity contribution is 7.98. The number of hydrogen-bond acceptors (Lipinski definition) is 6. The van der Waals surface area contributed by atoms with Gasteiger partial charge in [0.15, 0.2) is 0 Å². The third-order valence-corrected chi connectivity index (χ3v) is 4.89. The predicted molar refractivity (Wildman–Crippen MR) is 101 cm³/mol. The molecule has 7 heteroatoms. The van der Waals surface area contributed by atoms with E-state index in [2.05, 4.69) is 20.2 Å². The van der Waals surface area contributed by atoms with Crippen LogP contribution in [-0.2, 0) is 4.74 Å². The fourth-order valence-electron chi connectivity index (χ4n) is 2.71. The molecule has 1 aliphatic heterocycles. The minimum absolute atomic E-state index is 0.151. The molecule has 6 nitrogen and oxygen atoms in total. The molecule has 3 rings (SSSR count). The van der Waals surface area contributed by atoms with E-state index in [4.69, 9.17) is 4.74 Å². The highest BCUT2D eigenvalue weighted by Gasteiger charge is 2.18. The number of amides is 1. The SMILES string of the molecule is CSc1ccc(C(=O)Nc2c(C)nc(N3CCOCC3)nc2C)cc1. The van der Waals surface area contributed by atoms with Crippen LogP contribution in [0.25, 0.3) is 0 Å². The molecule has 2 aromatic rings. The summed E-state index contributed by atoms with van der Waals surface area (Å²) in [6.07, 6.45) is 2.01. The quantitative estimate of drug-likeness (QED) is 0.848. The second-order valence-electron chi connectivity index (χ2n) is 5.85. The molecule has 0 atom stereocenters. The summed E-state index contributed by atoms with van der Waals surface area (Å²) in [5, 5.41) is 2.95. The minimum atomic E-state index is -0.151. The van der Waals surface area contributed by atoms with Crippen LogP contribution in [0.1, 0.15) is 21.7 Å². The van der Waals surface area contributed by atoms with E-state index in [1.807, 2.05) is 44.4 Å². The van der Waals surface area contributed by atoms with Crippen LogP contribution in [0.15, 0.2) is 29.2 Å². The standard InChI is InChI=1S/C18H22N4O2S/c1-12-16(21-17(23)14-4-6-15(25-3)7-5-14)13(2)20-18(19-12)22-8-10-24-11-9-22/h4-7H,8-11H2,1-3H3,(H,21,23). The van der Waals surface area contributed by atoms with E-state index < -0.39 is 0 Å². The molecule has 1 aromatic carbocycles. The van der Waals surface area contributed by atoms with E-state index in [1.165, 1.54) is 0 Å². The average molecular weight is 358 g/mol. The third kappa shape index (κ3) is 4.11. The van der Waals surface area contributed by atoms with Crippen LogP contribution in [0.2, 0.25) is 0 Å². The molecule has 1 amide bonds. The van der Waals surface area contributed by atoms with Crippen molar-refractivity contribution in [1.82, 2.24) is 9.97 Å². The molecule has 0 spiro atoms. The van der Waals surface area contributed by atoms with Gasteiger partial charge in [-0.2, -0.15) is 0 Å². The van der Waals surface area contributed by atoms with Crippen molar-refractivity contribution in [2.75, 3.05) is 42.8 Å². The van der Waals surface area contributed by atoms with Gasteiger partial charge in [0.2, 0.25) is 5.95 Å². The molecule has 1 aromatic heterocycles. The number of ether oxygens (including phenoxy) is 1. The lowest BCUT2D eigenvalue weighted by Gasteiger charge is -2.27. The first-order valence-electron chi connectivity index (χ1n) is 8.22. The maximum atomic E-state index is 12.5. The van der Waals surface area contributed by atoms with Crippen molar-refractivity contribution in [3.05, 3.63) is 41.2 Å². The largest absolute Gasteiger partial charge is 0.378 e. The van der Waals surface area contributed by atoms with Crippen LogP contribution >= 0.6 is 11.8 Å². The minimum Gasteiger partial charge on any atom is -0.378 e. The summed E-state index contributed by atoms with van der Waals surface area (Å²) in [5.74, 6) is 0.544. The molecule has 132 valence electrons. The molecule has 0 aliphatic carbocycles. The highest BCUT2D eigenvalue weighted by atomic mass is 32.2. The van der Waals surface area contributed by atoms with Crippen LogP contribution < -0.4 is 10.2 Å². The Morgan fingerprint density at radius 2 is 1.72 bits per heavy atom. The molecular formula is C18H22N4O2S. The van der Waals surface area contributed by atoms with Gasteiger partial charge >= 0.3 is 0 Å². The maximum absolute atomic E-state index is 12.5. The second-order valence-corrected chi connectivity index (χ2v) is 6.73. The van der Waals surface area contributed by atoms with Gasteiger partial charge in [-0.25, -0.2) is 9.97 Å². The Kier molecular flexibility index (Phi) is 5.55. The number of thioether (sulfide) groups is 1. The van der Waals surface area contributed by atoms with Crippen LogP contribution in [0.3, 0.4) is 0 Å². The Morgan fingerprint density at radius 3 is 2.28 bits per heavy atom. The maximum Gasteiger partial charge on any atom is 0.255 e. The fourth-order valence-corrected chi connectivity index (χ4v) is 3.12. The number of morpholine rings is 1. The Hall–Kier alpha value is -2.12. The third-order valence-electron chi connectivity index (χ3n) is 4.14. The Bertz CT molecular complexity index is 735. The van der Waals surface area contributed by atoms with Gasteiger partial charge in [-0.3, -0.25) is 4.79 Å². The van der Waals surface area contributed by atoms with Gasteiger partial charge in [0.1, 0.15) is 0 Å². The summed E-state index contributed by atoms with van der Waals surface area (Å²) in [6.45, 7) is 6.73. The molecule has 0 saturated carbocycles. The smallest absolute Gasteiger partial charge is 0.255 e. The Balaban J connectivity index is 1.78. The predicted octanol–water partition coefficient (Wildman–Crippen LogP) is 2.90. The zero-order valence-electron chi connectivity index (χ0n) is 14.7. The van der Waals surface area contributed by atoms with Crippen molar-refractivity contribution >= 4 is 29.3 Å². The molecule has 1 N–H and O–H groups in total. The van der Waals surface area contributed by atoms with Crippen molar-refractivity contribution in [2.45, 2.75) is 18.7 Å². The molecule has 0 bridgehead atoms. The summed E-state index contributed by atoms with van der Waals surface area (Å²) in [4.78, 5) is 24.9. The van der Waals surface area contributed by atoms with Gasteiger partial charge in [-0.1, -0.05) is 0 Å². The first-order chi connectivity index (χ1) is 12.1. The molecule has 1 saturated heterocycles. The summed E-state index contributed by atoms with van der Waals surface area (Å²) in [5.41, 5.74) is 2.83. The number of aryl methyl sites for hydroxylation is 2. The number of rotatable bonds is 4. The Labute approximate surface area is 152 Å². The van der Waals surface area contributed by atoms with Crippen LogP contribution in [-0.4, -0.2) is 48.4 Å². The molecule has 0 unspecified atom stereocenters. The molecule has 25 heavy (non-hydrogen) atoms. The van der Waals surface area contributed by atoms with Crippen molar-refractivity contribution in [2.24, 2.45) is 0 Å². The van der Waals surface area contributed by atoms with Crippen molar-refractivity contribution in [1.29, 1.82) is 0 Å².